The Kier molecular flexibility index (Phi) is 4.60. The number of nitrogens with zero attached hydrogens (tertiary/aromatic N) is 6. The molecule has 1 saturated heterocycles. The van der Waals surface area contributed by atoms with Gasteiger partial charge >= 0.3 is 0 Å². The molecule has 0 saturated carbocycles. The highest BCUT2D eigenvalue weighted by Crippen LogP contribution is 2.21. The summed E-state index contributed by atoms with van der Waals surface area (Å²) in [5, 5.41) is 12.2. The van der Waals surface area contributed by atoms with Crippen molar-refractivity contribution in [3.05, 3.63) is 48.5 Å². The lowest BCUT2D eigenvalue weighted by molar-refractivity contribution is -0.126. The van der Waals surface area contributed by atoms with Crippen molar-refractivity contribution in [3.8, 4) is 0 Å². The van der Waals surface area contributed by atoms with Crippen molar-refractivity contribution >= 4 is 23.3 Å². The van der Waals surface area contributed by atoms with Crippen LogP contribution < -0.4 is 15.8 Å². The zero-order chi connectivity index (χ0) is 18.6. The number of carbonyl (C=O) groups excluding carboxylic acids is 2. The average Bonchev–Trinajstić information content (AvgIpc) is 3.20. The van der Waals surface area contributed by atoms with E-state index in [1.54, 1.807) is 29.2 Å². The fourth-order valence-corrected chi connectivity index (χ4v) is 3.05. The Balaban J connectivity index is 1.29. The quantitative estimate of drug-likeness (QED) is 0.636. The van der Waals surface area contributed by atoms with Gasteiger partial charge in [0.25, 0.3) is 5.91 Å². The molecule has 3 aromatic rings. The zero-order valence-corrected chi connectivity index (χ0v) is 14.4. The largest absolute Gasteiger partial charge is 0.355 e. The first kappa shape index (κ1) is 16.9. The maximum atomic E-state index is 12.3. The van der Waals surface area contributed by atoms with Gasteiger partial charge in [-0.2, -0.15) is 4.52 Å². The Morgan fingerprint density at radius 1 is 1.11 bits per heavy atom. The van der Waals surface area contributed by atoms with Crippen molar-refractivity contribution in [2.75, 3.05) is 18.0 Å². The van der Waals surface area contributed by atoms with Gasteiger partial charge in [0, 0.05) is 31.4 Å². The van der Waals surface area contributed by atoms with Crippen LogP contribution in [0.4, 0.5) is 5.82 Å². The van der Waals surface area contributed by atoms with Crippen LogP contribution in [0.25, 0.3) is 5.65 Å². The van der Waals surface area contributed by atoms with Crippen molar-refractivity contribution in [1.29, 1.82) is 0 Å². The van der Waals surface area contributed by atoms with Crippen molar-refractivity contribution in [3.63, 3.8) is 0 Å². The van der Waals surface area contributed by atoms with Gasteiger partial charge in [-0.15, -0.1) is 15.3 Å². The summed E-state index contributed by atoms with van der Waals surface area (Å²) in [5.74, 6) is 0.0922. The van der Waals surface area contributed by atoms with Crippen molar-refractivity contribution in [1.82, 2.24) is 35.6 Å². The van der Waals surface area contributed by atoms with Crippen molar-refractivity contribution in [2.24, 2.45) is 5.92 Å². The second-order valence-electron chi connectivity index (χ2n) is 6.27. The smallest absolute Gasteiger partial charge is 0.271 e. The summed E-state index contributed by atoms with van der Waals surface area (Å²) >= 11 is 0. The maximum Gasteiger partial charge on any atom is 0.271 e. The molecule has 0 unspecified atom stereocenters. The lowest BCUT2D eigenvalue weighted by Crippen LogP contribution is -2.47. The van der Waals surface area contributed by atoms with Gasteiger partial charge < -0.3 is 4.90 Å². The number of rotatable bonds is 3. The number of hydrogen-bond acceptors (Lipinski definition) is 7. The number of hydrogen-bond donors (Lipinski definition) is 2. The molecule has 0 aliphatic carbocycles. The second kappa shape index (κ2) is 7.36. The molecule has 3 aromatic heterocycles. The normalized spacial score (nSPS) is 14.9. The van der Waals surface area contributed by atoms with Crippen LogP contribution in [-0.2, 0) is 4.79 Å². The molecule has 2 N–H and O–H groups in total. The summed E-state index contributed by atoms with van der Waals surface area (Å²) in [6.07, 6.45) is 5.94. The number of carbonyl (C=O) groups is 2. The van der Waals surface area contributed by atoms with E-state index in [-0.39, 0.29) is 17.7 Å². The Hall–Kier alpha value is -3.56. The fourth-order valence-electron chi connectivity index (χ4n) is 3.05. The summed E-state index contributed by atoms with van der Waals surface area (Å²) in [7, 11) is 0. The Labute approximate surface area is 154 Å². The zero-order valence-electron chi connectivity index (χ0n) is 14.4. The van der Waals surface area contributed by atoms with E-state index in [9.17, 15) is 9.59 Å². The Bertz CT molecular complexity index is 950. The minimum Gasteiger partial charge on any atom is -0.355 e. The number of fused-ring (bicyclic) bond motifs is 1. The lowest BCUT2D eigenvalue weighted by atomic mass is 9.96. The van der Waals surface area contributed by atoms with Crippen molar-refractivity contribution < 1.29 is 9.59 Å². The van der Waals surface area contributed by atoms with E-state index in [0.29, 0.717) is 37.1 Å². The molecule has 10 heteroatoms. The summed E-state index contributed by atoms with van der Waals surface area (Å²) in [6, 6.07) is 7.06. The average molecular weight is 366 g/mol. The van der Waals surface area contributed by atoms with E-state index in [1.807, 2.05) is 12.1 Å². The van der Waals surface area contributed by atoms with Gasteiger partial charge in [0.2, 0.25) is 5.91 Å². The molecule has 0 bridgehead atoms. The van der Waals surface area contributed by atoms with E-state index < -0.39 is 0 Å². The van der Waals surface area contributed by atoms with Crippen LogP contribution in [0, 0.1) is 5.92 Å². The molecule has 10 nitrogen and oxygen atoms in total. The number of piperidine rings is 1. The number of hydrazine groups is 1. The van der Waals surface area contributed by atoms with E-state index in [2.05, 4.69) is 36.0 Å². The van der Waals surface area contributed by atoms with E-state index in [4.69, 9.17) is 0 Å². The molecule has 1 fully saturated rings. The standard InChI is InChI=1S/C17H18N8O2/c26-16(21-22-17(27)13-2-1-7-18-10-13)12-5-8-24(9-6-12)15-4-3-14-20-19-11-25(14)23-15/h1-4,7,10-12H,5-6,8-9H2,(H,21,26)(H,22,27). The number of pyridine rings is 1. The van der Waals surface area contributed by atoms with Crippen molar-refractivity contribution in [2.45, 2.75) is 12.8 Å². The van der Waals surface area contributed by atoms with Gasteiger partial charge in [0.15, 0.2) is 5.65 Å². The predicted octanol–water partition coefficient (Wildman–Crippen LogP) is 0.197. The lowest BCUT2D eigenvalue weighted by Gasteiger charge is -2.31. The van der Waals surface area contributed by atoms with Crippen LogP contribution in [-0.4, -0.2) is 49.7 Å². The SMILES string of the molecule is O=C(NNC(=O)C1CCN(c2ccc3nncn3n2)CC1)c1cccnc1. The molecule has 2 amide bonds. The highest BCUT2D eigenvalue weighted by atomic mass is 16.2. The molecule has 0 aromatic carbocycles. The molecule has 0 atom stereocenters. The highest BCUT2D eigenvalue weighted by Gasteiger charge is 2.26. The first-order valence-electron chi connectivity index (χ1n) is 8.63. The molecule has 27 heavy (non-hydrogen) atoms. The first-order chi connectivity index (χ1) is 13.2. The first-order valence-corrected chi connectivity index (χ1v) is 8.63. The molecule has 1 aliphatic heterocycles. The van der Waals surface area contributed by atoms with E-state index in [0.717, 1.165) is 5.82 Å². The molecule has 4 heterocycles. The predicted molar refractivity (Wildman–Crippen MR) is 95.6 cm³/mol. The molecule has 0 spiro atoms. The summed E-state index contributed by atoms with van der Waals surface area (Å²) < 4.78 is 1.63. The minimum absolute atomic E-state index is 0.158. The van der Waals surface area contributed by atoms with Crippen LogP contribution >= 0.6 is 0 Å². The molecular weight excluding hydrogens is 348 g/mol. The van der Waals surface area contributed by atoms with Crippen LogP contribution in [0.3, 0.4) is 0 Å². The third-order valence-electron chi connectivity index (χ3n) is 4.56. The van der Waals surface area contributed by atoms with Gasteiger partial charge in [-0.1, -0.05) is 0 Å². The maximum absolute atomic E-state index is 12.3. The van der Waals surface area contributed by atoms with E-state index in [1.165, 1.54) is 6.20 Å². The third kappa shape index (κ3) is 3.68. The third-order valence-corrected chi connectivity index (χ3v) is 4.56. The van der Waals surface area contributed by atoms with Gasteiger partial charge in [-0.25, -0.2) is 0 Å². The fraction of sp³-hybridized carbons (Fsp3) is 0.294. The highest BCUT2D eigenvalue weighted by molar-refractivity contribution is 5.95. The number of anilines is 1. The van der Waals surface area contributed by atoms with Crippen LogP contribution in [0.1, 0.15) is 23.2 Å². The van der Waals surface area contributed by atoms with E-state index >= 15 is 0 Å². The molecule has 4 rings (SSSR count). The van der Waals surface area contributed by atoms with Crippen LogP contribution in [0.5, 0.6) is 0 Å². The molecule has 1 aliphatic rings. The van der Waals surface area contributed by atoms with Gasteiger partial charge in [0.1, 0.15) is 12.1 Å². The summed E-state index contributed by atoms with van der Waals surface area (Å²) in [5.41, 5.74) is 6.02. The number of nitrogens with one attached hydrogen (secondary N) is 2. The molecule has 138 valence electrons. The van der Waals surface area contributed by atoms with Gasteiger partial charge in [-0.3, -0.25) is 25.4 Å². The summed E-state index contributed by atoms with van der Waals surface area (Å²) in [6.45, 7) is 1.41. The number of aromatic nitrogens is 5. The Morgan fingerprint density at radius 3 is 2.74 bits per heavy atom. The van der Waals surface area contributed by atoms with Gasteiger partial charge in [0.05, 0.1) is 5.56 Å². The minimum atomic E-state index is -0.389. The molecular formula is C17H18N8O2. The monoisotopic (exact) mass is 366 g/mol. The van der Waals surface area contributed by atoms with Gasteiger partial charge in [-0.05, 0) is 37.1 Å². The Morgan fingerprint density at radius 2 is 1.96 bits per heavy atom. The second-order valence-corrected chi connectivity index (χ2v) is 6.27. The van der Waals surface area contributed by atoms with Crippen LogP contribution in [0.15, 0.2) is 43.0 Å². The van der Waals surface area contributed by atoms with Crippen LogP contribution in [0.2, 0.25) is 0 Å². The summed E-state index contributed by atoms with van der Waals surface area (Å²) in [4.78, 5) is 30.3. The topological polar surface area (TPSA) is 117 Å². The molecule has 0 radical (unpaired) electrons. The number of amides is 2.